The van der Waals surface area contributed by atoms with E-state index in [0.29, 0.717) is 13.1 Å². The van der Waals surface area contributed by atoms with E-state index in [4.69, 9.17) is 9.47 Å². The van der Waals surface area contributed by atoms with Crippen molar-refractivity contribution in [3.05, 3.63) is 59.2 Å². The van der Waals surface area contributed by atoms with Gasteiger partial charge in [0.1, 0.15) is 0 Å². The maximum absolute atomic E-state index is 12.8. The van der Waals surface area contributed by atoms with Crippen LogP contribution in [-0.2, 0) is 17.6 Å². The van der Waals surface area contributed by atoms with Crippen LogP contribution in [0.3, 0.4) is 0 Å². The number of methoxy groups -OCH3 is 2. The molecular weight excluding hydrogens is 340 g/mol. The van der Waals surface area contributed by atoms with E-state index in [-0.39, 0.29) is 11.9 Å². The van der Waals surface area contributed by atoms with Gasteiger partial charge in [-0.1, -0.05) is 30.3 Å². The van der Waals surface area contributed by atoms with Crippen LogP contribution in [0.25, 0.3) is 0 Å². The first-order chi connectivity index (χ1) is 13.2. The summed E-state index contributed by atoms with van der Waals surface area (Å²) >= 11 is 0. The molecule has 2 aliphatic rings. The van der Waals surface area contributed by atoms with Crippen LogP contribution in [0.4, 0.5) is 0 Å². The number of carbonyl (C=O) groups is 1. The molecule has 5 nitrogen and oxygen atoms in total. The molecule has 1 unspecified atom stereocenters. The van der Waals surface area contributed by atoms with Crippen LogP contribution in [0.15, 0.2) is 42.5 Å². The van der Waals surface area contributed by atoms with Crippen molar-refractivity contribution in [3.8, 4) is 11.5 Å². The number of fused-ring (bicyclic) bond motifs is 3. The Morgan fingerprint density at radius 2 is 1.81 bits per heavy atom. The van der Waals surface area contributed by atoms with Gasteiger partial charge in [-0.15, -0.1) is 0 Å². The Balaban J connectivity index is 1.50. The van der Waals surface area contributed by atoms with Gasteiger partial charge in [-0.3, -0.25) is 9.69 Å². The second kappa shape index (κ2) is 7.61. The smallest absolute Gasteiger partial charge is 0.225 e. The Morgan fingerprint density at radius 3 is 2.56 bits per heavy atom. The van der Waals surface area contributed by atoms with Crippen molar-refractivity contribution in [1.82, 2.24) is 9.80 Å². The lowest BCUT2D eigenvalue weighted by Crippen LogP contribution is -2.52. The molecule has 1 saturated heterocycles. The van der Waals surface area contributed by atoms with Crippen molar-refractivity contribution in [1.29, 1.82) is 0 Å². The Kier molecular flexibility index (Phi) is 5.03. The standard InChI is InChI=1S/C22H26N2O3/c1-26-20-12-17-9-11-23-15-24(10-8-16-6-4-3-5-7-16)22(25)14-19(23)18(17)13-21(20)27-2/h3-7,12-13,19H,8-11,14-15H2,1-2H3. The van der Waals surface area contributed by atoms with Crippen LogP contribution >= 0.6 is 0 Å². The predicted molar refractivity (Wildman–Crippen MR) is 104 cm³/mol. The van der Waals surface area contributed by atoms with E-state index < -0.39 is 0 Å². The van der Waals surface area contributed by atoms with Crippen molar-refractivity contribution in [3.63, 3.8) is 0 Å². The van der Waals surface area contributed by atoms with Crippen LogP contribution in [0, 0.1) is 0 Å². The molecule has 142 valence electrons. The average Bonchev–Trinajstić information content (AvgIpc) is 2.72. The molecular formula is C22H26N2O3. The highest BCUT2D eigenvalue weighted by Gasteiger charge is 2.36. The van der Waals surface area contributed by atoms with E-state index in [2.05, 4.69) is 29.2 Å². The molecule has 0 aliphatic carbocycles. The van der Waals surface area contributed by atoms with Crippen molar-refractivity contribution >= 4 is 5.91 Å². The van der Waals surface area contributed by atoms with Crippen molar-refractivity contribution < 1.29 is 14.3 Å². The summed E-state index contributed by atoms with van der Waals surface area (Å²) < 4.78 is 10.9. The van der Waals surface area contributed by atoms with Crippen molar-refractivity contribution in [2.24, 2.45) is 0 Å². The Hall–Kier alpha value is -2.53. The summed E-state index contributed by atoms with van der Waals surface area (Å²) in [5.41, 5.74) is 3.74. The molecule has 0 saturated carbocycles. The highest BCUT2D eigenvalue weighted by Crippen LogP contribution is 2.41. The third-order valence-corrected chi connectivity index (χ3v) is 5.70. The molecule has 0 aromatic heterocycles. The normalized spacial score (nSPS) is 19.4. The second-order valence-electron chi connectivity index (χ2n) is 7.22. The fraction of sp³-hybridized carbons (Fsp3) is 0.409. The van der Waals surface area contributed by atoms with Crippen molar-refractivity contribution in [2.75, 3.05) is 34.0 Å². The van der Waals surface area contributed by atoms with Gasteiger partial charge in [0.05, 0.1) is 20.9 Å². The molecule has 1 atom stereocenters. The summed E-state index contributed by atoms with van der Waals surface area (Å²) in [5.74, 6) is 1.73. The van der Waals surface area contributed by atoms with Crippen LogP contribution in [0.2, 0.25) is 0 Å². The number of benzene rings is 2. The molecule has 1 fully saturated rings. The van der Waals surface area contributed by atoms with Crippen LogP contribution in [0.1, 0.15) is 29.2 Å². The molecule has 0 radical (unpaired) electrons. The SMILES string of the molecule is COc1cc2c(cc1OC)C1CC(=O)N(CCc3ccccc3)CN1CC2. The number of nitrogens with zero attached hydrogens (tertiary/aromatic N) is 2. The van der Waals surface area contributed by atoms with Gasteiger partial charge < -0.3 is 14.4 Å². The number of rotatable bonds is 5. The first-order valence-electron chi connectivity index (χ1n) is 9.50. The third-order valence-electron chi connectivity index (χ3n) is 5.70. The minimum atomic E-state index is 0.133. The minimum absolute atomic E-state index is 0.133. The molecule has 4 rings (SSSR count). The average molecular weight is 366 g/mol. The maximum Gasteiger partial charge on any atom is 0.225 e. The van der Waals surface area contributed by atoms with Crippen LogP contribution in [-0.4, -0.2) is 49.7 Å². The Morgan fingerprint density at radius 1 is 1.07 bits per heavy atom. The number of hydrogen-bond donors (Lipinski definition) is 0. The summed E-state index contributed by atoms with van der Waals surface area (Å²) in [4.78, 5) is 17.2. The summed E-state index contributed by atoms with van der Waals surface area (Å²) in [6.07, 6.45) is 2.39. The largest absolute Gasteiger partial charge is 0.493 e. The number of amides is 1. The Bertz CT molecular complexity index is 822. The number of carbonyl (C=O) groups excluding carboxylic acids is 1. The molecule has 0 spiro atoms. The second-order valence-corrected chi connectivity index (χ2v) is 7.22. The molecule has 2 aromatic carbocycles. The quantitative estimate of drug-likeness (QED) is 0.816. The van der Waals surface area contributed by atoms with Crippen molar-refractivity contribution in [2.45, 2.75) is 25.3 Å². The van der Waals surface area contributed by atoms with E-state index in [1.165, 1.54) is 16.7 Å². The maximum atomic E-state index is 12.8. The highest BCUT2D eigenvalue weighted by molar-refractivity contribution is 5.78. The molecule has 5 heteroatoms. The van der Waals surface area contributed by atoms with E-state index in [1.807, 2.05) is 23.1 Å². The zero-order valence-electron chi connectivity index (χ0n) is 16.0. The van der Waals surface area contributed by atoms with E-state index in [9.17, 15) is 4.79 Å². The van der Waals surface area contributed by atoms with E-state index in [0.717, 1.165) is 37.4 Å². The zero-order chi connectivity index (χ0) is 18.8. The van der Waals surface area contributed by atoms with Crippen LogP contribution in [0.5, 0.6) is 11.5 Å². The van der Waals surface area contributed by atoms with Gasteiger partial charge in [0.15, 0.2) is 11.5 Å². The van der Waals surface area contributed by atoms with Crippen LogP contribution < -0.4 is 9.47 Å². The number of hydrogen-bond acceptors (Lipinski definition) is 4. The van der Waals surface area contributed by atoms with Gasteiger partial charge in [-0.2, -0.15) is 0 Å². The lowest BCUT2D eigenvalue weighted by Gasteiger charge is -2.44. The lowest BCUT2D eigenvalue weighted by molar-refractivity contribution is -0.141. The molecule has 27 heavy (non-hydrogen) atoms. The van der Waals surface area contributed by atoms with Gasteiger partial charge in [0, 0.05) is 25.6 Å². The first-order valence-corrected chi connectivity index (χ1v) is 9.50. The minimum Gasteiger partial charge on any atom is -0.493 e. The highest BCUT2D eigenvalue weighted by atomic mass is 16.5. The zero-order valence-corrected chi connectivity index (χ0v) is 16.0. The fourth-order valence-electron chi connectivity index (χ4n) is 4.19. The summed E-state index contributed by atoms with van der Waals surface area (Å²) in [7, 11) is 3.32. The molecule has 0 bridgehead atoms. The Labute approximate surface area is 160 Å². The molecule has 2 aromatic rings. The summed E-state index contributed by atoms with van der Waals surface area (Å²) in [6, 6.07) is 14.6. The number of ether oxygens (including phenoxy) is 2. The molecule has 0 N–H and O–H groups in total. The summed E-state index contributed by atoms with van der Waals surface area (Å²) in [6.45, 7) is 2.43. The van der Waals surface area contributed by atoms with E-state index >= 15 is 0 Å². The van der Waals surface area contributed by atoms with Gasteiger partial charge in [0.25, 0.3) is 0 Å². The van der Waals surface area contributed by atoms with Gasteiger partial charge in [0.2, 0.25) is 5.91 Å². The third kappa shape index (κ3) is 3.52. The van der Waals surface area contributed by atoms with Gasteiger partial charge in [-0.25, -0.2) is 0 Å². The van der Waals surface area contributed by atoms with Gasteiger partial charge in [-0.05, 0) is 41.7 Å². The molecule has 2 aliphatic heterocycles. The topological polar surface area (TPSA) is 42.0 Å². The molecule has 1 amide bonds. The monoisotopic (exact) mass is 366 g/mol. The molecule has 2 heterocycles. The fourth-order valence-corrected chi connectivity index (χ4v) is 4.19. The van der Waals surface area contributed by atoms with E-state index in [1.54, 1.807) is 14.2 Å². The summed E-state index contributed by atoms with van der Waals surface area (Å²) in [5, 5.41) is 0. The lowest BCUT2D eigenvalue weighted by atomic mass is 9.88. The van der Waals surface area contributed by atoms with Gasteiger partial charge >= 0.3 is 0 Å². The first kappa shape index (κ1) is 17.9. The predicted octanol–water partition coefficient (Wildman–Crippen LogP) is 3.04.